The Kier molecular flexibility index (Phi) is 6.52. The summed E-state index contributed by atoms with van der Waals surface area (Å²) in [6.45, 7) is 5.70. The second-order valence-corrected chi connectivity index (χ2v) is 8.62. The number of hydrogen-bond acceptors (Lipinski definition) is 6. The average molecular weight is 454 g/mol. The Bertz CT molecular complexity index is 1290. The summed E-state index contributed by atoms with van der Waals surface area (Å²) < 4.78 is 7.64. The van der Waals surface area contributed by atoms with Crippen LogP contribution in [0.15, 0.2) is 65.6 Å². The Morgan fingerprint density at radius 3 is 2.53 bits per heavy atom. The number of imidazole rings is 1. The Labute approximate surface area is 199 Å². The lowest BCUT2D eigenvalue weighted by atomic mass is 10.0. The van der Waals surface area contributed by atoms with E-state index in [1.54, 1.807) is 0 Å². The molecule has 0 amide bonds. The molecule has 1 saturated heterocycles. The van der Waals surface area contributed by atoms with Crippen molar-refractivity contribution in [2.45, 2.75) is 26.4 Å². The van der Waals surface area contributed by atoms with Gasteiger partial charge in [0.2, 0.25) is 0 Å². The molecule has 3 aromatic heterocycles. The summed E-state index contributed by atoms with van der Waals surface area (Å²) >= 11 is 0. The molecule has 1 aliphatic heterocycles. The van der Waals surface area contributed by atoms with Gasteiger partial charge in [-0.3, -0.25) is 9.88 Å². The molecule has 4 heterocycles. The van der Waals surface area contributed by atoms with Crippen LogP contribution in [0.5, 0.6) is 0 Å². The number of nitrogens with zero attached hydrogens (tertiary/aromatic N) is 5. The van der Waals surface area contributed by atoms with E-state index in [0.29, 0.717) is 12.5 Å². The normalized spacial score (nSPS) is 13.9. The first-order valence-electron chi connectivity index (χ1n) is 11.6. The smallest absolute Gasteiger partial charge is 0.167 e. The number of benzene rings is 1. The van der Waals surface area contributed by atoms with E-state index in [1.807, 2.05) is 61.1 Å². The molecule has 0 unspecified atom stereocenters. The van der Waals surface area contributed by atoms with E-state index in [2.05, 4.69) is 43.4 Å². The van der Waals surface area contributed by atoms with Crippen LogP contribution in [0.2, 0.25) is 0 Å². The molecule has 7 nitrogen and oxygen atoms in total. The summed E-state index contributed by atoms with van der Waals surface area (Å²) in [7, 11) is 0. The highest BCUT2D eigenvalue weighted by Gasteiger charge is 2.25. The third kappa shape index (κ3) is 5.09. The summed E-state index contributed by atoms with van der Waals surface area (Å²) in [5, 5.41) is 13.3. The summed E-state index contributed by atoms with van der Waals surface area (Å²) in [6, 6.07) is 14.0. The van der Waals surface area contributed by atoms with Crippen molar-refractivity contribution in [1.29, 1.82) is 0 Å². The maximum absolute atomic E-state index is 9.12. The molecule has 1 fully saturated rings. The van der Waals surface area contributed by atoms with Crippen molar-refractivity contribution < 1.29 is 9.63 Å². The molecule has 0 atom stereocenters. The van der Waals surface area contributed by atoms with Crippen LogP contribution in [0.3, 0.4) is 0 Å². The fourth-order valence-electron chi connectivity index (χ4n) is 4.10. The highest BCUT2D eigenvalue weighted by molar-refractivity contribution is 5.59. The molecule has 0 saturated carbocycles. The zero-order chi connectivity index (χ0) is 23.3. The lowest BCUT2D eigenvalue weighted by Gasteiger charge is -2.37. The van der Waals surface area contributed by atoms with E-state index in [4.69, 9.17) is 9.63 Å². The van der Waals surface area contributed by atoms with E-state index in [-0.39, 0.29) is 6.61 Å². The Morgan fingerprint density at radius 2 is 1.79 bits per heavy atom. The van der Waals surface area contributed by atoms with Gasteiger partial charge in [0.25, 0.3) is 0 Å². The molecule has 172 valence electrons. The van der Waals surface area contributed by atoms with Crippen LogP contribution in [-0.4, -0.2) is 49.4 Å². The van der Waals surface area contributed by atoms with E-state index < -0.39 is 0 Å². The molecular weight excluding hydrogens is 426 g/mol. The SMILES string of the molecule is CCc1nccn1Cc1cc(-c2ccc(C#Cc3ccc(CN4CC(CO)C4)nc3)cc2)on1. The molecule has 34 heavy (non-hydrogen) atoms. The number of pyridine rings is 1. The van der Waals surface area contributed by atoms with Gasteiger partial charge in [0, 0.05) is 79.9 Å². The van der Waals surface area contributed by atoms with Crippen LogP contribution >= 0.6 is 0 Å². The number of aliphatic hydroxyl groups excluding tert-OH is 1. The first kappa shape index (κ1) is 22.1. The quantitative estimate of drug-likeness (QED) is 0.432. The minimum atomic E-state index is 0.269. The molecule has 4 aromatic rings. The molecule has 1 aromatic carbocycles. The van der Waals surface area contributed by atoms with Gasteiger partial charge in [-0.1, -0.05) is 23.9 Å². The third-order valence-electron chi connectivity index (χ3n) is 6.03. The average Bonchev–Trinajstić information content (AvgIpc) is 3.50. The van der Waals surface area contributed by atoms with Gasteiger partial charge in [-0.15, -0.1) is 0 Å². The fourth-order valence-corrected chi connectivity index (χ4v) is 4.10. The molecule has 5 rings (SSSR count). The van der Waals surface area contributed by atoms with Crippen molar-refractivity contribution in [3.8, 4) is 23.2 Å². The number of likely N-dealkylation sites (tertiary alicyclic amines) is 1. The van der Waals surface area contributed by atoms with E-state index >= 15 is 0 Å². The molecule has 1 aliphatic rings. The maximum Gasteiger partial charge on any atom is 0.167 e. The van der Waals surface area contributed by atoms with Gasteiger partial charge in [0.05, 0.1) is 12.2 Å². The van der Waals surface area contributed by atoms with Crippen molar-refractivity contribution in [3.05, 3.63) is 89.4 Å². The zero-order valence-electron chi connectivity index (χ0n) is 19.2. The predicted molar refractivity (Wildman–Crippen MR) is 129 cm³/mol. The monoisotopic (exact) mass is 453 g/mol. The highest BCUT2D eigenvalue weighted by atomic mass is 16.5. The molecule has 0 bridgehead atoms. The maximum atomic E-state index is 9.12. The predicted octanol–water partition coefficient (Wildman–Crippen LogP) is 3.37. The topological polar surface area (TPSA) is 80.2 Å². The van der Waals surface area contributed by atoms with Gasteiger partial charge < -0.3 is 14.2 Å². The first-order valence-corrected chi connectivity index (χ1v) is 11.6. The summed E-state index contributed by atoms with van der Waals surface area (Å²) in [6.07, 6.45) is 6.47. The zero-order valence-corrected chi connectivity index (χ0v) is 19.2. The van der Waals surface area contributed by atoms with Crippen LogP contribution in [-0.2, 0) is 19.5 Å². The molecular formula is C27H27N5O2. The minimum absolute atomic E-state index is 0.269. The Morgan fingerprint density at radius 1 is 1.00 bits per heavy atom. The van der Waals surface area contributed by atoms with Crippen molar-refractivity contribution in [1.82, 2.24) is 24.6 Å². The van der Waals surface area contributed by atoms with Crippen molar-refractivity contribution in [2.24, 2.45) is 5.92 Å². The van der Waals surface area contributed by atoms with Crippen molar-refractivity contribution in [3.63, 3.8) is 0 Å². The first-order chi connectivity index (χ1) is 16.7. The summed E-state index contributed by atoms with van der Waals surface area (Å²) in [5.41, 5.74) is 4.66. The van der Waals surface area contributed by atoms with Crippen LogP contribution < -0.4 is 0 Å². The molecule has 0 spiro atoms. The van der Waals surface area contributed by atoms with Gasteiger partial charge in [-0.2, -0.15) is 0 Å². The van der Waals surface area contributed by atoms with E-state index in [9.17, 15) is 0 Å². The largest absolute Gasteiger partial charge is 0.396 e. The van der Waals surface area contributed by atoms with E-state index in [0.717, 1.165) is 65.7 Å². The second kappa shape index (κ2) is 10.0. The second-order valence-electron chi connectivity index (χ2n) is 8.62. The van der Waals surface area contributed by atoms with Gasteiger partial charge in [0.1, 0.15) is 11.5 Å². The van der Waals surface area contributed by atoms with Gasteiger partial charge in [-0.05, 0) is 36.4 Å². The molecule has 0 aliphatic carbocycles. The Balaban J connectivity index is 1.19. The number of aryl methyl sites for hydroxylation is 1. The fraction of sp³-hybridized carbons (Fsp3) is 0.296. The number of rotatable bonds is 7. The summed E-state index contributed by atoms with van der Waals surface area (Å²) in [4.78, 5) is 11.2. The third-order valence-corrected chi connectivity index (χ3v) is 6.03. The van der Waals surface area contributed by atoms with Crippen molar-refractivity contribution >= 4 is 0 Å². The number of hydrogen-bond donors (Lipinski definition) is 1. The standard InChI is InChI=1S/C27H27N5O2/c1-2-27-28-11-12-32(27)18-25-13-26(34-30-25)23-8-5-20(6-9-23)3-4-21-7-10-24(29-14-21)17-31-15-22(16-31)19-33/h5-14,22,33H,2,15-19H2,1H3. The van der Waals surface area contributed by atoms with Crippen LogP contribution in [0.1, 0.15) is 35.3 Å². The lowest BCUT2D eigenvalue weighted by molar-refractivity contribution is 0.0470. The number of aliphatic hydroxyl groups is 1. The van der Waals surface area contributed by atoms with Crippen LogP contribution in [0.4, 0.5) is 0 Å². The molecule has 0 radical (unpaired) electrons. The highest BCUT2D eigenvalue weighted by Crippen LogP contribution is 2.21. The van der Waals surface area contributed by atoms with Gasteiger partial charge >= 0.3 is 0 Å². The summed E-state index contributed by atoms with van der Waals surface area (Å²) in [5.74, 6) is 8.56. The lowest BCUT2D eigenvalue weighted by Crippen LogP contribution is -2.47. The van der Waals surface area contributed by atoms with Gasteiger partial charge in [0.15, 0.2) is 5.76 Å². The van der Waals surface area contributed by atoms with Crippen molar-refractivity contribution in [2.75, 3.05) is 19.7 Å². The minimum Gasteiger partial charge on any atom is -0.396 e. The van der Waals surface area contributed by atoms with E-state index in [1.165, 1.54) is 0 Å². The van der Waals surface area contributed by atoms with Gasteiger partial charge in [-0.25, -0.2) is 4.98 Å². The molecule has 1 N–H and O–H groups in total. The number of aromatic nitrogens is 4. The Hall–Kier alpha value is -3.73. The molecule has 7 heteroatoms. The van der Waals surface area contributed by atoms with Crippen LogP contribution in [0.25, 0.3) is 11.3 Å². The van der Waals surface area contributed by atoms with Crippen LogP contribution in [0, 0.1) is 17.8 Å².